The number of Topliss-reactive ketones (excluding diaryl/α,β-unsaturated/α-hetero) is 1. The first-order valence-corrected chi connectivity index (χ1v) is 10.1. The summed E-state index contributed by atoms with van der Waals surface area (Å²) >= 11 is 6.09. The average Bonchev–Trinajstić information content (AvgIpc) is 3.28. The Bertz CT molecular complexity index is 1230. The lowest BCUT2D eigenvalue weighted by molar-refractivity contribution is -0.129. The van der Waals surface area contributed by atoms with E-state index in [1.807, 2.05) is 6.92 Å². The van der Waals surface area contributed by atoms with Gasteiger partial charge in [-0.2, -0.15) is 0 Å². The first-order valence-electron chi connectivity index (χ1n) is 9.67. The third-order valence-electron chi connectivity index (χ3n) is 5.20. The van der Waals surface area contributed by atoms with E-state index in [0.29, 0.717) is 28.2 Å². The SMILES string of the molecule is CCCN1C(=O)C(O)=C(C(=O)c2cc3cc(Cl)cc(OC)c3o2)C1c1ccccc1F. The molecule has 0 radical (unpaired) electrons. The first-order chi connectivity index (χ1) is 14.9. The summed E-state index contributed by atoms with van der Waals surface area (Å²) in [7, 11) is 1.44. The molecule has 1 atom stereocenters. The zero-order valence-corrected chi connectivity index (χ0v) is 17.6. The predicted octanol–water partition coefficient (Wildman–Crippen LogP) is 5.22. The van der Waals surface area contributed by atoms with Crippen LogP contribution in [0.4, 0.5) is 4.39 Å². The molecule has 0 spiro atoms. The van der Waals surface area contributed by atoms with Crippen molar-refractivity contribution in [3.63, 3.8) is 0 Å². The van der Waals surface area contributed by atoms with Crippen LogP contribution >= 0.6 is 11.6 Å². The Morgan fingerprint density at radius 3 is 2.71 bits per heavy atom. The van der Waals surface area contributed by atoms with Crippen LogP contribution in [0.15, 0.2) is 58.2 Å². The van der Waals surface area contributed by atoms with Crippen LogP contribution in [0.25, 0.3) is 11.0 Å². The highest BCUT2D eigenvalue weighted by atomic mass is 35.5. The molecule has 1 aliphatic rings. The molecule has 1 unspecified atom stereocenters. The number of rotatable bonds is 6. The van der Waals surface area contributed by atoms with Crippen molar-refractivity contribution in [3.05, 3.63) is 76.0 Å². The Balaban J connectivity index is 1.86. The van der Waals surface area contributed by atoms with E-state index in [1.54, 1.807) is 18.2 Å². The number of benzene rings is 2. The maximum atomic E-state index is 14.7. The van der Waals surface area contributed by atoms with Crippen LogP contribution in [0.2, 0.25) is 5.02 Å². The fourth-order valence-corrected chi connectivity index (χ4v) is 4.08. The molecule has 1 amide bonds. The molecule has 2 aromatic carbocycles. The van der Waals surface area contributed by atoms with Crippen LogP contribution in [0.1, 0.15) is 35.5 Å². The summed E-state index contributed by atoms with van der Waals surface area (Å²) in [5.74, 6) is -2.52. The highest BCUT2D eigenvalue weighted by Crippen LogP contribution is 2.41. The molecular weight excluding hydrogens is 425 g/mol. The summed E-state index contributed by atoms with van der Waals surface area (Å²) < 4.78 is 25.6. The minimum absolute atomic E-state index is 0.119. The molecule has 31 heavy (non-hydrogen) atoms. The van der Waals surface area contributed by atoms with Crippen LogP contribution in [0, 0.1) is 5.82 Å². The van der Waals surface area contributed by atoms with Crippen LogP contribution in [0.3, 0.4) is 0 Å². The number of nitrogens with zero attached hydrogens (tertiary/aromatic N) is 1. The molecule has 0 fully saturated rings. The van der Waals surface area contributed by atoms with E-state index in [1.165, 1.54) is 36.3 Å². The van der Waals surface area contributed by atoms with Gasteiger partial charge in [-0.05, 0) is 24.6 Å². The molecule has 0 saturated heterocycles. The van der Waals surface area contributed by atoms with E-state index in [4.69, 9.17) is 20.8 Å². The number of aliphatic hydroxyl groups is 1. The molecule has 4 rings (SSSR count). The van der Waals surface area contributed by atoms with Gasteiger partial charge in [0.1, 0.15) is 5.82 Å². The molecule has 2 heterocycles. The fraction of sp³-hybridized carbons (Fsp3) is 0.217. The topological polar surface area (TPSA) is 80.0 Å². The lowest BCUT2D eigenvalue weighted by atomic mass is 9.94. The second-order valence-electron chi connectivity index (χ2n) is 7.15. The van der Waals surface area contributed by atoms with Gasteiger partial charge in [0.15, 0.2) is 22.9 Å². The Hall–Kier alpha value is -3.32. The summed E-state index contributed by atoms with van der Waals surface area (Å²) in [5, 5.41) is 11.5. The molecule has 1 aliphatic heterocycles. The number of amides is 1. The highest BCUT2D eigenvalue weighted by molar-refractivity contribution is 6.31. The Labute approximate surface area is 182 Å². The second-order valence-corrected chi connectivity index (χ2v) is 7.59. The summed E-state index contributed by atoms with van der Waals surface area (Å²) in [4.78, 5) is 27.4. The lowest BCUT2D eigenvalue weighted by Crippen LogP contribution is -2.32. The van der Waals surface area contributed by atoms with Crippen LogP contribution in [-0.2, 0) is 4.79 Å². The number of ketones is 1. The van der Waals surface area contributed by atoms with E-state index < -0.39 is 29.3 Å². The monoisotopic (exact) mass is 443 g/mol. The fourth-order valence-electron chi connectivity index (χ4n) is 3.86. The number of aliphatic hydroxyl groups excluding tert-OH is 1. The van der Waals surface area contributed by atoms with Gasteiger partial charge in [-0.1, -0.05) is 36.7 Å². The predicted molar refractivity (Wildman–Crippen MR) is 113 cm³/mol. The lowest BCUT2D eigenvalue weighted by Gasteiger charge is -2.26. The average molecular weight is 444 g/mol. The molecule has 0 aliphatic carbocycles. The van der Waals surface area contributed by atoms with Crippen molar-refractivity contribution in [3.8, 4) is 5.75 Å². The maximum absolute atomic E-state index is 14.7. The normalized spacial score (nSPS) is 16.5. The first kappa shape index (κ1) is 20.9. The Morgan fingerprint density at radius 1 is 1.29 bits per heavy atom. The van der Waals surface area contributed by atoms with Crippen molar-refractivity contribution >= 4 is 34.3 Å². The van der Waals surface area contributed by atoms with Crippen molar-refractivity contribution in [2.45, 2.75) is 19.4 Å². The Morgan fingerprint density at radius 2 is 2.03 bits per heavy atom. The number of fused-ring (bicyclic) bond motifs is 1. The van der Waals surface area contributed by atoms with Crippen LogP contribution in [-0.4, -0.2) is 35.4 Å². The van der Waals surface area contributed by atoms with E-state index in [-0.39, 0.29) is 23.4 Å². The molecule has 160 valence electrons. The van der Waals surface area contributed by atoms with Gasteiger partial charge in [0, 0.05) is 28.6 Å². The van der Waals surface area contributed by atoms with Gasteiger partial charge in [0.05, 0.1) is 18.7 Å². The number of carbonyl (C=O) groups is 2. The van der Waals surface area contributed by atoms with Crippen molar-refractivity contribution in [1.29, 1.82) is 0 Å². The summed E-state index contributed by atoms with van der Waals surface area (Å²) in [5.41, 5.74) is 0.189. The summed E-state index contributed by atoms with van der Waals surface area (Å²) in [6, 6.07) is 9.39. The van der Waals surface area contributed by atoms with E-state index in [0.717, 1.165) is 0 Å². The van der Waals surface area contributed by atoms with Crippen LogP contribution in [0.5, 0.6) is 5.75 Å². The highest BCUT2D eigenvalue weighted by Gasteiger charge is 2.45. The molecular formula is C23H19ClFNO5. The van der Waals surface area contributed by atoms with Crippen molar-refractivity contribution in [2.24, 2.45) is 0 Å². The van der Waals surface area contributed by atoms with Gasteiger partial charge in [0.2, 0.25) is 5.78 Å². The van der Waals surface area contributed by atoms with Crippen molar-refractivity contribution in [1.82, 2.24) is 4.90 Å². The quantitative estimate of drug-likeness (QED) is 0.528. The van der Waals surface area contributed by atoms with E-state index in [9.17, 15) is 19.1 Å². The van der Waals surface area contributed by atoms with Crippen LogP contribution < -0.4 is 4.74 Å². The third kappa shape index (κ3) is 3.45. The van der Waals surface area contributed by atoms with Gasteiger partial charge < -0.3 is 19.2 Å². The van der Waals surface area contributed by atoms with Gasteiger partial charge in [-0.25, -0.2) is 4.39 Å². The second kappa shape index (κ2) is 8.07. The Kier molecular flexibility index (Phi) is 5.45. The summed E-state index contributed by atoms with van der Waals surface area (Å²) in [6.07, 6.45) is 0.561. The van der Waals surface area contributed by atoms with Crippen molar-refractivity contribution in [2.75, 3.05) is 13.7 Å². The number of halogens is 2. The smallest absolute Gasteiger partial charge is 0.290 e. The van der Waals surface area contributed by atoms with Gasteiger partial charge in [0.25, 0.3) is 5.91 Å². The number of carbonyl (C=O) groups excluding carboxylic acids is 2. The zero-order chi connectivity index (χ0) is 22.3. The van der Waals surface area contributed by atoms with Gasteiger partial charge in [-0.3, -0.25) is 9.59 Å². The van der Waals surface area contributed by atoms with Crippen molar-refractivity contribution < 1.29 is 28.2 Å². The number of furan rings is 1. The molecule has 1 aromatic heterocycles. The molecule has 0 saturated carbocycles. The number of methoxy groups -OCH3 is 1. The molecule has 6 nitrogen and oxygen atoms in total. The largest absolute Gasteiger partial charge is 0.503 e. The molecule has 8 heteroatoms. The molecule has 0 bridgehead atoms. The standard InChI is InChI=1S/C23H19ClFNO5/c1-3-8-26-19(14-6-4-5-7-15(14)25)18(21(28)23(26)29)20(27)16-10-12-9-13(24)11-17(30-2)22(12)31-16/h4-7,9-11,19,28H,3,8H2,1-2H3. The van der Waals surface area contributed by atoms with E-state index in [2.05, 4.69) is 0 Å². The molecule has 3 aromatic rings. The third-order valence-corrected chi connectivity index (χ3v) is 5.42. The maximum Gasteiger partial charge on any atom is 0.290 e. The minimum Gasteiger partial charge on any atom is -0.503 e. The number of hydrogen-bond acceptors (Lipinski definition) is 5. The van der Waals surface area contributed by atoms with Gasteiger partial charge >= 0.3 is 0 Å². The van der Waals surface area contributed by atoms with Gasteiger partial charge in [-0.15, -0.1) is 0 Å². The zero-order valence-electron chi connectivity index (χ0n) is 16.8. The number of ether oxygens (including phenoxy) is 1. The summed E-state index contributed by atoms with van der Waals surface area (Å²) in [6.45, 7) is 2.08. The minimum atomic E-state index is -1.07. The molecule has 1 N–H and O–H groups in total. The number of hydrogen-bond donors (Lipinski definition) is 1. The van der Waals surface area contributed by atoms with E-state index >= 15 is 0 Å².